The van der Waals surface area contributed by atoms with Gasteiger partial charge in [0.25, 0.3) is 0 Å². The summed E-state index contributed by atoms with van der Waals surface area (Å²) in [6, 6.07) is 13.9. The lowest BCUT2D eigenvalue weighted by molar-refractivity contribution is -0.00518. The SMILES string of the molecule is CC1=CC(C)(C)N(C)c2cc(C)c(C=Nc3ccc(C45CC6CC(CC(C6)C4)C5)cc3)cc21. The highest BCUT2D eigenvalue weighted by Crippen LogP contribution is 2.60. The molecule has 2 aromatic rings. The summed E-state index contributed by atoms with van der Waals surface area (Å²) in [5, 5.41) is 0. The molecule has 0 saturated heterocycles. The van der Waals surface area contributed by atoms with Crippen molar-refractivity contribution >= 4 is 23.2 Å². The molecule has 0 unspecified atom stereocenters. The number of aryl methyl sites for hydroxylation is 1. The van der Waals surface area contributed by atoms with Crippen molar-refractivity contribution in [3.63, 3.8) is 0 Å². The van der Waals surface area contributed by atoms with E-state index >= 15 is 0 Å². The summed E-state index contributed by atoms with van der Waals surface area (Å²) in [7, 11) is 2.19. The van der Waals surface area contributed by atoms with Gasteiger partial charge in [0.15, 0.2) is 0 Å². The molecule has 2 heteroatoms. The highest BCUT2D eigenvalue weighted by atomic mass is 15.2. The van der Waals surface area contributed by atoms with Crippen molar-refractivity contribution in [2.24, 2.45) is 22.7 Å². The van der Waals surface area contributed by atoms with E-state index in [1.165, 1.54) is 66.5 Å². The summed E-state index contributed by atoms with van der Waals surface area (Å²) < 4.78 is 0. The van der Waals surface area contributed by atoms with Gasteiger partial charge in [0.05, 0.1) is 11.2 Å². The first-order valence-electron chi connectivity index (χ1n) is 13.0. The first-order chi connectivity index (χ1) is 15.7. The Morgan fingerprint density at radius 3 is 2.12 bits per heavy atom. The molecule has 0 N–H and O–H groups in total. The molecule has 4 saturated carbocycles. The van der Waals surface area contributed by atoms with Crippen LogP contribution >= 0.6 is 0 Å². The van der Waals surface area contributed by atoms with Crippen molar-refractivity contribution in [2.75, 3.05) is 11.9 Å². The maximum absolute atomic E-state index is 4.89. The van der Waals surface area contributed by atoms with Gasteiger partial charge in [0.2, 0.25) is 0 Å². The summed E-state index contributed by atoms with van der Waals surface area (Å²) in [5.41, 5.74) is 9.62. The molecular formula is C31H38N2. The van der Waals surface area contributed by atoms with Gasteiger partial charge < -0.3 is 4.90 Å². The Balaban J connectivity index is 1.25. The Bertz CT molecular complexity index is 1110. The summed E-state index contributed by atoms with van der Waals surface area (Å²) in [6.45, 7) is 8.98. The number of hydrogen-bond donors (Lipinski definition) is 0. The Morgan fingerprint density at radius 1 is 0.909 bits per heavy atom. The van der Waals surface area contributed by atoms with Crippen molar-refractivity contribution in [1.82, 2.24) is 0 Å². The molecule has 2 aromatic carbocycles. The van der Waals surface area contributed by atoms with Gasteiger partial charge in [-0.25, -0.2) is 0 Å². The zero-order chi connectivity index (χ0) is 23.0. The van der Waals surface area contributed by atoms with Gasteiger partial charge in [0.1, 0.15) is 0 Å². The van der Waals surface area contributed by atoms with E-state index in [4.69, 9.17) is 4.99 Å². The standard InChI is InChI=1S/C31H38N2/c1-20-10-29-28(21(2)15-30(3,4)33(29)5)14-25(20)19-32-27-8-6-26(7-9-27)31-16-22-11-23(17-31)13-24(12-22)18-31/h6-10,14-15,19,22-24H,11-13,16-18H2,1-5H3. The third-order valence-electron chi connectivity index (χ3n) is 9.48. The molecule has 1 aliphatic heterocycles. The van der Waals surface area contributed by atoms with Crippen molar-refractivity contribution < 1.29 is 0 Å². The first kappa shape index (κ1) is 21.2. The van der Waals surface area contributed by atoms with Crippen LogP contribution < -0.4 is 4.90 Å². The van der Waals surface area contributed by atoms with Crippen molar-refractivity contribution in [1.29, 1.82) is 0 Å². The predicted molar refractivity (Wildman–Crippen MR) is 141 cm³/mol. The van der Waals surface area contributed by atoms with E-state index in [2.05, 4.69) is 88.3 Å². The second-order valence-electron chi connectivity index (χ2n) is 12.3. The molecule has 4 bridgehead atoms. The molecular weight excluding hydrogens is 400 g/mol. The molecule has 33 heavy (non-hydrogen) atoms. The van der Waals surface area contributed by atoms with E-state index < -0.39 is 0 Å². The molecule has 5 aliphatic rings. The number of aliphatic imine (C=N–C) groups is 1. The molecule has 7 rings (SSSR count). The van der Waals surface area contributed by atoms with Crippen LogP contribution in [0.25, 0.3) is 5.57 Å². The van der Waals surface area contributed by atoms with Gasteiger partial charge in [-0.05, 0) is 136 Å². The Hall–Kier alpha value is -2.35. The largest absolute Gasteiger partial charge is 0.365 e. The third kappa shape index (κ3) is 3.49. The smallest absolute Gasteiger partial charge is 0.0630 e. The maximum Gasteiger partial charge on any atom is 0.0630 e. The molecule has 1 heterocycles. The average molecular weight is 439 g/mol. The van der Waals surface area contributed by atoms with Crippen molar-refractivity contribution in [2.45, 2.75) is 77.2 Å². The fourth-order valence-corrected chi connectivity index (χ4v) is 7.97. The first-order valence-corrected chi connectivity index (χ1v) is 13.0. The van der Waals surface area contributed by atoms with Crippen molar-refractivity contribution in [3.05, 3.63) is 64.7 Å². The van der Waals surface area contributed by atoms with Gasteiger partial charge >= 0.3 is 0 Å². The normalized spacial score (nSPS) is 31.7. The number of hydrogen-bond acceptors (Lipinski definition) is 2. The third-order valence-corrected chi connectivity index (χ3v) is 9.48. The van der Waals surface area contributed by atoms with Gasteiger partial charge in [-0.3, -0.25) is 4.99 Å². The average Bonchev–Trinajstić information content (AvgIpc) is 2.76. The minimum Gasteiger partial charge on any atom is -0.365 e. The van der Waals surface area contributed by atoms with Gasteiger partial charge in [0, 0.05) is 24.5 Å². The van der Waals surface area contributed by atoms with E-state index in [0.717, 1.165) is 23.4 Å². The molecule has 2 nitrogen and oxygen atoms in total. The lowest BCUT2D eigenvalue weighted by atomic mass is 9.48. The van der Waals surface area contributed by atoms with Crippen LogP contribution in [0.15, 0.2) is 47.5 Å². The quantitative estimate of drug-likeness (QED) is 0.446. The van der Waals surface area contributed by atoms with Gasteiger partial charge in [-0.2, -0.15) is 0 Å². The predicted octanol–water partition coefficient (Wildman–Crippen LogP) is 7.85. The Labute approximate surface area is 199 Å². The summed E-state index contributed by atoms with van der Waals surface area (Å²) in [5.74, 6) is 2.97. The number of rotatable bonds is 3. The monoisotopic (exact) mass is 438 g/mol. The van der Waals surface area contributed by atoms with E-state index in [9.17, 15) is 0 Å². The lowest BCUT2D eigenvalue weighted by Crippen LogP contribution is -2.48. The molecule has 0 spiro atoms. The number of likely N-dealkylation sites (N-methyl/N-ethyl adjacent to an activating group) is 1. The number of fused-ring (bicyclic) bond motifs is 1. The summed E-state index contributed by atoms with van der Waals surface area (Å²) >= 11 is 0. The van der Waals surface area contributed by atoms with Crippen LogP contribution in [0.2, 0.25) is 0 Å². The van der Waals surface area contributed by atoms with Gasteiger partial charge in [-0.15, -0.1) is 0 Å². The van der Waals surface area contributed by atoms with Crippen LogP contribution in [0.3, 0.4) is 0 Å². The van der Waals surface area contributed by atoms with Crippen molar-refractivity contribution in [3.8, 4) is 0 Å². The van der Waals surface area contributed by atoms with Gasteiger partial charge in [-0.1, -0.05) is 18.2 Å². The number of benzene rings is 2. The fraction of sp³-hybridized carbons (Fsp3) is 0.516. The zero-order valence-electron chi connectivity index (χ0n) is 21.0. The maximum atomic E-state index is 4.89. The number of allylic oxidation sites excluding steroid dienone is 1. The molecule has 172 valence electrons. The minimum absolute atomic E-state index is 0.0393. The van der Waals surface area contributed by atoms with E-state index in [1.807, 2.05) is 0 Å². The Kier molecular flexibility index (Phi) is 4.70. The molecule has 0 amide bonds. The Morgan fingerprint density at radius 2 is 1.52 bits per heavy atom. The summed E-state index contributed by atoms with van der Waals surface area (Å²) in [4.78, 5) is 7.27. The minimum atomic E-state index is 0.0393. The molecule has 4 fully saturated rings. The van der Waals surface area contributed by atoms with Crippen LogP contribution in [0.1, 0.15) is 81.5 Å². The number of anilines is 1. The highest BCUT2D eigenvalue weighted by molar-refractivity contribution is 5.90. The second-order valence-corrected chi connectivity index (χ2v) is 12.3. The van der Waals surface area contributed by atoms with Crippen LogP contribution in [0.5, 0.6) is 0 Å². The summed E-state index contributed by atoms with van der Waals surface area (Å²) in [6.07, 6.45) is 13.2. The number of nitrogens with zero attached hydrogens (tertiary/aromatic N) is 2. The molecule has 4 aliphatic carbocycles. The zero-order valence-corrected chi connectivity index (χ0v) is 21.0. The van der Waals surface area contributed by atoms with E-state index in [1.54, 1.807) is 5.56 Å². The molecule has 0 aromatic heterocycles. The molecule has 0 radical (unpaired) electrons. The van der Waals surface area contributed by atoms with Crippen LogP contribution in [0.4, 0.5) is 11.4 Å². The second kappa shape index (κ2) is 7.32. The van der Waals surface area contributed by atoms with E-state index in [-0.39, 0.29) is 5.54 Å². The lowest BCUT2D eigenvalue weighted by Gasteiger charge is -2.57. The van der Waals surface area contributed by atoms with E-state index in [0.29, 0.717) is 5.41 Å². The fourth-order valence-electron chi connectivity index (χ4n) is 7.97. The topological polar surface area (TPSA) is 15.6 Å². The highest BCUT2D eigenvalue weighted by Gasteiger charge is 2.51. The van der Waals surface area contributed by atoms with Crippen LogP contribution in [-0.2, 0) is 5.41 Å². The van der Waals surface area contributed by atoms with Crippen LogP contribution in [-0.4, -0.2) is 18.8 Å². The molecule has 0 atom stereocenters. The van der Waals surface area contributed by atoms with Crippen LogP contribution in [0, 0.1) is 24.7 Å².